The summed E-state index contributed by atoms with van der Waals surface area (Å²) in [6, 6.07) is 0. The van der Waals surface area contributed by atoms with Crippen molar-refractivity contribution in [3.8, 4) is 0 Å². The van der Waals surface area contributed by atoms with Crippen molar-refractivity contribution in [2.45, 2.75) is 25.0 Å². The van der Waals surface area contributed by atoms with Gasteiger partial charge in [0, 0.05) is 44.5 Å². The van der Waals surface area contributed by atoms with Crippen LogP contribution in [-0.4, -0.2) is 35.5 Å². The lowest BCUT2D eigenvalue weighted by Crippen LogP contribution is -2.44. The summed E-state index contributed by atoms with van der Waals surface area (Å²) in [6.45, 7) is 2.67. The highest BCUT2D eigenvalue weighted by atomic mass is 32.1. The number of rotatable bonds is 4. The summed E-state index contributed by atoms with van der Waals surface area (Å²) < 4.78 is 5.22. The average Bonchev–Trinajstić information content (AvgIpc) is 2.71. The first-order valence-corrected chi connectivity index (χ1v) is 6.11. The molecular weight excluding hydrogens is 212 g/mol. The highest BCUT2D eigenvalue weighted by molar-refractivity contribution is 7.07. The summed E-state index contributed by atoms with van der Waals surface area (Å²) >= 11 is 1.59. The summed E-state index contributed by atoms with van der Waals surface area (Å²) in [6.07, 6.45) is 1.44. The molecule has 0 unspecified atom stereocenters. The lowest BCUT2D eigenvalue weighted by Gasteiger charge is -2.32. The van der Waals surface area contributed by atoms with Gasteiger partial charge in [0.15, 0.2) is 0 Å². The van der Waals surface area contributed by atoms with Gasteiger partial charge < -0.3 is 15.2 Å². The van der Waals surface area contributed by atoms with E-state index in [4.69, 9.17) is 4.74 Å². The van der Waals surface area contributed by atoms with E-state index >= 15 is 0 Å². The van der Waals surface area contributed by atoms with Gasteiger partial charge in [-0.25, -0.2) is 4.98 Å². The van der Waals surface area contributed by atoms with Crippen molar-refractivity contribution >= 4 is 11.3 Å². The zero-order valence-corrected chi connectivity index (χ0v) is 9.42. The van der Waals surface area contributed by atoms with E-state index in [-0.39, 0.29) is 0 Å². The molecule has 1 aliphatic heterocycles. The van der Waals surface area contributed by atoms with E-state index < -0.39 is 5.60 Å². The lowest BCUT2D eigenvalue weighted by atomic mass is 9.94. The average molecular weight is 228 g/mol. The topological polar surface area (TPSA) is 54.4 Å². The highest BCUT2D eigenvalue weighted by Gasteiger charge is 2.28. The first kappa shape index (κ1) is 11.0. The molecule has 2 N–H and O–H groups in total. The fraction of sp³-hybridized carbons (Fsp3) is 0.700. The molecule has 1 aromatic rings. The van der Waals surface area contributed by atoms with E-state index in [0.717, 1.165) is 25.1 Å². The Balaban J connectivity index is 1.72. The van der Waals surface area contributed by atoms with E-state index in [1.807, 2.05) is 10.9 Å². The zero-order valence-electron chi connectivity index (χ0n) is 8.61. The summed E-state index contributed by atoms with van der Waals surface area (Å²) in [7, 11) is 0. The van der Waals surface area contributed by atoms with E-state index in [1.54, 1.807) is 11.3 Å². The Bertz CT molecular complexity index is 284. The van der Waals surface area contributed by atoms with Crippen molar-refractivity contribution in [2.75, 3.05) is 19.8 Å². The van der Waals surface area contributed by atoms with Gasteiger partial charge in [-0.05, 0) is 0 Å². The Morgan fingerprint density at radius 3 is 3.00 bits per heavy atom. The number of hydrogen-bond donors (Lipinski definition) is 2. The number of nitrogens with one attached hydrogen (secondary N) is 1. The molecule has 1 aliphatic rings. The standard InChI is InChI=1S/C10H16N2O2S/c13-10(1-3-14-4-2-10)7-11-5-9-6-15-8-12-9/h6,8,11,13H,1-5,7H2. The van der Waals surface area contributed by atoms with Gasteiger partial charge >= 0.3 is 0 Å². The number of aromatic nitrogens is 1. The van der Waals surface area contributed by atoms with Crippen molar-refractivity contribution in [3.63, 3.8) is 0 Å². The molecule has 1 aromatic heterocycles. The number of aliphatic hydroxyl groups is 1. The molecule has 0 amide bonds. The normalized spacial score (nSPS) is 20.3. The van der Waals surface area contributed by atoms with Gasteiger partial charge in [-0.15, -0.1) is 11.3 Å². The number of ether oxygens (including phenoxy) is 1. The minimum atomic E-state index is -0.589. The van der Waals surface area contributed by atoms with Crippen molar-refractivity contribution in [3.05, 3.63) is 16.6 Å². The molecule has 0 radical (unpaired) electrons. The van der Waals surface area contributed by atoms with Crippen LogP contribution >= 0.6 is 11.3 Å². The first-order valence-electron chi connectivity index (χ1n) is 5.16. The predicted molar refractivity (Wildman–Crippen MR) is 58.8 cm³/mol. The van der Waals surface area contributed by atoms with Crippen LogP contribution in [0.3, 0.4) is 0 Å². The third kappa shape index (κ3) is 3.24. The summed E-state index contributed by atoms with van der Waals surface area (Å²) in [4.78, 5) is 4.17. The van der Waals surface area contributed by atoms with Gasteiger partial charge in [0.2, 0.25) is 0 Å². The molecule has 5 heteroatoms. The molecule has 15 heavy (non-hydrogen) atoms. The number of thiazole rings is 1. The van der Waals surface area contributed by atoms with Crippen LogP contribution in [0.5, 0.6) is 0 Å². The Hall–Kier alpha value is -0.490. The van der Waals surface area contributed by atoms with Gasteiger partial charge in [0.1, 0.15) is 0 Å². The Kier molecular flexibility index (Phi) is 3.69. The Labute approximate surface area is 93.3 Å². The maximum Gasteiger partial charge on any atom is 0.0815 e. The van der Waals surface area contributed by atoms with E-state index in [0.29, 0.717) is 19.8 Å². The second-order valence-electron chi connectivity index (χ2n) is 3.92. The molecular formula is C10H16N2O2S. The molecule has 0 saturated carbocycles. The van der Waals surface area contributed by atoms with E-state index in [2.05, 4.69) is 10.3 Å². The molecule has 0 bridgehead atoms. The molecule has 84 valence electrons. The highest BCUT2D eigenvalue weighted by Crippen LogP contribution is 2.19. The molecule has 0 atom stereocenters. The third-order valence-electron chi connectivity index (χ3n) is 2.67. The van der Waals surface area contributed by atoms with Gasteiger partial charge in [-0.2, -0.15) is 0 Å². The smallest absolute Gasteiger partial charge is 0.0815 e. The molecule has 4 nitrogen and oxygen atoms in total. The van der Waals surface area contributed by atoms with Crippen molar-refractivity contribution < 1.29 is 9.84 Å². The lowest BCUT2D eigenvalue weighted by molar-refractivity contribution is -0.0617. The number of hydrogen-bond acceptors (Lipinski definition) is 5. The zero-order chi connectivity index (χ0) is 10.6. The molecule has 1 fully saturated rings. The van der Waals surface area contributed by atoms with Crippen LogP contribution in [0.15, 0.2) is 10.9 Å². The van der Waals surface area contributed by atoms with Gasteiger partial charge in [-0.1, -0.05) is 0 Å². The second kappa shape index (κ2) is 5.03. The van der Waals surface area contributed by atoms with Crippen LogP contribution < -0.4 is 5.32 Å². The minimum absolute atomic E-state index is 0.589. The maximum absolute atomic E-state index is 10.1. The maximum atomic E-state index is 10.1. The Morgan fingerprint density at radius 2 is 2.33 bits per heavy atom. The summed E-state index contributed by atoms with van der Waals surface area (Å²) in [5, 5.41) is 15.4. The summed E-state index contributed by atoms with van der Waals surface area (Å²) in [5.74, 6) is 0. The van der Waals surface area contributed by atoms with Crippen LogP contribution in [0.2, 0.25) is 0 Å². The molecule has 2 heterocycles. The molecule has 2 rings (SSSR count). The Morgan fingerprint density at radius 1 is 1.53 bits per heavy atom. The SMILES string of the molecule is OC1(CNCc2cscn2)CCOCC1. The van der Waals surface area contributed by atoms with Crippen molar-refractivity contribution in [1.29, 1.82) is 0 Å². The van der Waals surface area contributed by atoms with E-state index in [9.17, 15) is 5.11 Å². The van der Waals surface area contributed by atoms with Crippen LogP contribution in [-0.2, 0) is 11.3 Å². The van der Waals surface area contributed by atoms with E-state index in [1.165, 1.54) is 0 Å². The van der Waals surface area contributed by atoms with Crippen molar-refractivity contribution in [1.82, 2.24) is 10.3 Å². The molecule has 0 aliphatic carbocycles. The fourth-order valence-corrected chi connectivity index (χ4v) is 2.23. The van der Waals surface area contributed by atoms with Crippen LogP contribution in [0.1, 0.15) is 18.5 Å². The molecule has 1 saturated heterocycles. The second-order valence-corrected chi connectivity index (χ2v) is 4.64. The molecule has 0 aromatic carbocycles. The fourth-order valence-electron chi connectivity index (χ4n) is 1.68. The quantitative estimate of drug-likeness (QED) is 0.799. The predicted octanol–water partition coefficient (Wildman–Crippen LogP) is 0.774. The monoisotopic (exact) mass is 228 g/mol. The summed E-state index contributed by atoms with van der Waals surface area (Å²) in [5.41, 5.74) is 2.27. The number of nitrogens with zero attached hydrogens (tertiary/aromatic N) is 1. The van der Waals surface area contributed by atoms with Crippen LogP contribution in [0.4, 0.5) is 0 Å². The van der Waals surface area contributed by atoms with Gasteiger partial charge in [-0.3, -0.25) is 0 Å². The third-order valence-corrected chi connectivity index (χ3v) is 3.30. The van der Waals surface area contributed by atoms with Crippen LogP contribution in [0.25, 0.3) is 0 Å². The van der Waals surface area contributed by atoms with Crippen molar-refractivity contribution in [2.24, 2.45) is 0 Å². The minimum Gasteiger partial charge on any atom is -0.388 e. The molecule has 0 spiro atoms. The largest absolute Gasteiger partial charge is 0.388 e. The van der Waals surface area contributed by atoms with Crippen LogP contribution in [0, 0.1) is 0 Å². The van der Waals surface area contributed by atoms with Gasteiger partial charge in [0.25, 0.3) is 0 Å². The first-order chi connectivity index (χ1) is 7.29. The van der Waals surface area contributed by atoms with Gasteiger partial charge in [0.05, 0.1) is 16.8 Å².